The molecule has 0 spiro atoms. The maximum atomic E-state index is 14.2. The van der Waals surface area contributed by atoms with Crippen LogP contribution in [0.4, 0.5) is 30.7 Å². The van der Waals surface area contributed by atoms with Gasteiger partial charge in [0.25, 0.3) is 0 Å². The first kappa shape index (κ1) is 25.4. The molecule has 1 aromatic carbocycles. The molecule has 0 N–H and O–H groups in total. The number of carbonyl (C=O) groups is 1. The van der Waals surface area contributed by atoms with Crippen molar-refractivity contribution in [2.45, 2.75) is 38.4 Å². The molecule has 0 radical (unpaired) electrons. The van der Waals surface area contributed by atoms with Gasteiger partial charge in [-0.25, -0.2) is 26.0 Å². The number of rotatable bonds is 6. The molecular weight excluding hydrogens is 481 g/mol. The molecule has 0 aromatic heterocycles. The first-order chi connectivity index (χ1) is 14.0. The summed E-state index contributed by atoms with van der Waals surface area (Å²) in [5.41, 5.74) is -2.41. The van der Waals surface area contributed by atoms with Crippen LogP contribution in [-0.4, -0.2) is 26.3 Å². The molecule has 1 fully saturated rings. The average molecular weight is 497 g/mol. The van der Waals surface area contributed by atoms with E-state index in [0.29, 0.717) is 6.08 Å². The van der Waals surface area contributed by atoms with Gasteiger partial charge < -0.3 is 4.74 Å². The minimum Gasteiger partial charge on any atom is -0.460 e. The molecule has 1 aliphatic rings. The lowest BCUT2D eigenvalue weighted by Gasteiger charge is -2.12. The summed E-state index contributed by atoms with van der Waals surface area (Å²) in [7, 11) is -4.65. The largest absolute Gasteiger partial charge is 0.460 e. The minimum atomic E-state index is -4.84. The lowest BCUT2D eigenvalue weighted by Crippen LogP contribution is -2.17. The van der Waals surface area contributed by atoms with Crippen molar-refractivity contribution in [1.82, 2.24) is 0 Å². The van der Waals surface area contributed by atoms with Gasteiger partial charge in [-0.1, -0.05) is 38.4 Å². The molecule has 1 aromatic rings. The summed E-state index contributed by atoms with van der Waals surface area (Å²) < 4.78 is 122. The Bertz CT molecular complexity index is 1020. The summed E-state index contributed by atoms with van der Waals surface area (Å²) in [4.78, 5) is 10.4. The molecule has 1 saturated carbocycles. The summed E-state index contributed by atoms with van der Waals surface area (Å²) in [6, 6.07) is 0. The molecule has 13 heteroatoms. The van der Waals surface area contributed by atoms with E-state index in [-0.39, 0.29) is 0 Å². The Morgan fingerprint density at radius 2 is 1.58 bits per heavy atom. The number of hydrogen-bond acceptors (Lipinski definition) is 4. The number of halogens is 8. The summed E-state index contributed by atoms with van der Waals surface area (Å²) >= 11 is 5.15. The van der Waals surface area contributed by atoms with Crippen molar-refractivity contribution in [2.75, 3.05) is 5.75 Å². The number of hydrogen-bond donors (Lipinski definition) is 0. The second-order valence-corrected chi connectivity index (χ2v) is 10.0. The Kier molecular flexibility index (Phi) is 6.78. The highest BCUT2D eigenvalue weighted by molar-refractivity contribution is 7.91. The van der Waals surface area contributed by atoms with E-state index in [1.54, 1.807) is 0 Å². The Hall–Kier alpha value is -1.82. The monoisotopic (exact) mass is 496 g/mol. The van der Waals surface area contributed by atoms with E-state index in [2.05, 4.69) is 4.74 Å². The number of ether oxygens (including phenoxy) is 1. The molecule has 0 bridgehead atoms. The molecular formula is C18H16ClF7O4S. The van der Waals surface area contributed by atoms with Crippen molar-refractivity contribution >= 4 is 27.4 Å². The van der Waals surface area contributed by atoms with E-state index in [9.17, 15) is 43.9 Å². The third kappa shape index (κ3) is 4.69. The molecule has 2 atom stereocenters. The molecule has 31 heavy (non-hydrogen) atoms. The van der Waals surface area contributed by atoms with Gasteiger partial charge in [0.15, 0.2) is 33.1 Å². The number of alkyl halides is 3. The zero-order valence-electron chi connectivity index (χ0n) is 16.2. The fourth-order valence-corrected chi connectivity index (χ4v) is 4.27. The van der Waals surface area contributed by atoms with Gasteiger partial charge in [0.05, 0.1) is 17.2 Å². The Balaban J connectivity index is 2.27. The summed E-state index contributed by atoms with van der Waals surface area (Å²) in [5, 5.41) is -1.46. The molecule has 2 unspecified atom stereocenters. The van der Waals surface area contributed by atoms with E-state index in [1.165, 1.54) is 13.8 Å². The molecule has 2 rings (SSSR count). The summed E-state index contributed by atoms with van der Waals surface area (Å²) in [5.74, 6) is -12.6. The van der Waals surface area contributed by atoms with Crippen LogP contribution < -0.4 is 0 Å². The summed E-state index contributed by atoms with van der Waals surface area (Å²) in [6.45, 7) is 2.54. The highest BCUT2D eigenvalue weighted by Gasteiger charge is 2.62. The van der Waals surface area contributed by atoms with Crippen LogP contribution in [0.25, 0.3) is 0 Å². The topological polar surface area (TPSA) is 60.4 Å². The lowest BCUT2D eigenvalue weighted by molar-refractivity contribution is -0.147. The Morgan fingerprint density at radius 1 is 1.10 bits per heavy atom. The van der Waals surface area contributed by atoms with Crippen LogP contribution >= 0.6 is 11.6 Å². The van der Waals surface area contributed by atoms with Crippen LogP contribution in [0.1, 0.15) is 26.3 Å². The highest BCUT2D eigenvalue weighted by atomic mass is 35.5. The number of carbonyl (C=O) groups excluding carboxylic acids is 1. The van der Waals surface area contributed by atoms with Gasteiger partial charge in [-0.05, 0) is 11.3 Å². The smallest absolute Gasteiger partial charge is 0.426 e. The van der Waals surface area contributed by atoms with Gasteiger partial charge >= 0.3 is 12.1 Å². The predicted molar refractivity (Wildman–Crippen MR) is 94.5 cm³/mol. The van der Waals surface area contributed by atoms with Crippen molar-refractivity contribution in [3.63, 3.8) is 0 Å². The van der Waals surface area contributed by atoms with Gasteiger partial charge in [-0.3, -0.25) is 4.79 Å². The van der Waals surface area contributed by atoms with Crippen LogP contribution in [0.5, 0.6) is 0 Å². The van der Waals surface area contributed by atoms with E-state index < -0.39 is 90.4 Å². The molecule has 174 valence electrons. The van der Waals surface area contributed by atoms with Crippen molar-refractivity contribution in [3.8, 4) is 0 Å². The first-order valence-electron chi connectivity index (χ1n) is 8.67. The molecule has 4 nitrogen and oxygen atoms in total. The van der Waals surface area contributed by atoms with Crippen molar-refractivity contribution in [3.05, 3.63) is 39.9 Å². The Labute approximate surface area is 177 Å². The minimum absolute atomic E-state index is 0.610. The average Bonchev–Trinajstić information content (AvgIpc) is 3.19. The maximum absolute atomic E-state index is 14.2. The van der Waals surface area contributed by atoms with E-state index in [1.807, 2.05) is 0 Å². The van der Waals surface area contributed by atoms with Gasteiger partial charge in [-0.15, -0.1) is 0 Å². The van der Waals surface area contributed by atoms with Crippen molar-refractivity contribution in [2.24, 2.45) is 17.3 Å². The third-order valence-electron chi connectivity index (χ3n) is 5.13. The highest BCUT2D eigenvalue weighted by Crippen LogP contribution is 2.60. The van der Waals surface area contributed by atoms with Crippen molar-refractivity contribution in [1.29, 1.82) is 0 Å². The van der Waals surface area contributed by atoms with Gasteiger partial charge in [0.1, 0.15) is 16.5 Å². The number of benzene rings is 1. The second-order valence-electron chi connectivity index (χ2n) is 7.41. The molecule has 0 saturated heterocycles. The van der Waals surface area contributed by atoms with Crippen LogP contribution in [0.2, 0.25) is 0 Å². The predicted octanol–water partition coefficient (Wildman–Crippen LogP) is 5.04. The molecule has 0 heterocycles. The summed E-state index contributed by atoms with van der Waals surface area (Å²) in [6.07, 6.45) is -4.23. The zero-order valence-corrected chi connectivity index (χ0v) is 17.8. The maximum Gasteiger partial charge on any atom is 0.426 e. The van der Waals surface area contributed by atoms with Gasteiger partial charge in [-0.2, -0.15) is 13.2 Å². The van der Waals surface area contributed by atoms with Crippen LogP contribution in [0.15, 0.2) is 16.0 Å². The van der Waals surface area contributed by atoms with E-state index >= 15 is 0 Å². The van der Waals surface area contributed by atoms with Crippen LogP contribution in [0, 0.1) is 40.5 Å². The fraction of sp³-hybridized carbons (Fsp3) is 0.500. The zero-order chi connectivity index (χ0) is 24.1. The lowest BCUT2D eigenvalue weighted by atomic mass is 10.1. The van der Waals surface area contributed by atoms with Crippen LogP contribution in [0.3, 0.4) is 0 Å². The number of allylic oxidation sites excluding steroid dienone is 2. The van der Waals surface area contributed by atoms with Crippen molar-refractivity contribution < 1.29 is 48.7 Å². The third-order valence-corrected chi connectivity index (χ3v) is 7.21. The SMILES string of the molecule is CCS(=O)(=O)c1c(F)c(F)c(COC(=O)C2C(C=C(Cl)C(F)(F)F)C2(C)C)c(F)c1F. The molecule has 1 aliphatic carbocycles. The van der Waals surface area contributed by atoms with E-state index in [4.69, 9.17) is 11.6 Å². The Morgan fingerprint density at radius 3 is 2.00 bits per heavy atom. The molecule has 0 aliphatic heterocycles. The first-order valence-corrected chi connectivity index (χ1v) is 10.7. The molecule has 0 amide bonds. The quantitative estimate of drug-likeness (QED) is 0.315. The fourth-order valence-electron chi connectivity index (χ4n) is 3.13. The van der Waals surface area contributed by atoms with Gasteiger partial charge in [0.2, 0.25) is 0 Å². The van der Waals surface area contributed by atoms with Crippen LogP contribution in [-0.2, 0) is 26.0 Å². The van der Waals surface area contributed by atoms with E-state index in [0.717, 1.165) is 6.92 Å². The number of esters is 1. The number of sulfone groups is 1. The normalized spacial score (nSPS) is 21.2. The second kappa shape index (κ2) is 8.27. The van der Waals surface area contributed by atoms with Gasteiger partial charge in [0, 0.05) is 0 Å². The standard InChI is InChI=1S/C18H16ClF7O4S/c1-4-31(28,29)15-13(22)11(20)7(12(21)14(15)23)6-30-16(27)10-8(17(10,2)3)5-9(19)18(24,25)26/h5,8,10H,4,6H2,1-3H3.